The summed E-state index contributed by atoms with van der Waals surface area (Å²) in [5.74, 6) is -1.22. The molecule has 0 radical (unpaired) electrons. The fourth-order valence-electron chi connectivity index (χ4n) is 2.00. The van der Waals surface area contributed by atoms with Gasteiger partial charge in [0.2, 0.25) is 5.43 Å². The van der Waals surface area contributed by atoms with Crippen molar-refractivity contribution < 1.29 is 19.0 Å². The summed E-state index contributed by atoms with van der Waals surface area (Å²) >= 11 is 5.63. The molecule has 0 aliphatic heterocycles. The molecule has 1 fully saturated rings. The average molecular weight is 299 g/mol. The Morgan fingerprint density at radius 2 is 2.25 bits per heavy atom. The minimum Gasteiger partial charge on any atom is -0.449 e. The molecule has 2 aromatic heterocycles. The van der Waals surface area contributed by atoms with Crippen LogP contribution in [-0.2, 0) is 0 Å². The van der Waals surface area contributed by atoms with Crippen LogP contribution in [0.5, 0.6) is 5.75 Å². The number of nitrogens with zero attached hydrogens (tertiary/aromatic N) is 2. The number of aromatic nitrogens is 2. The van der Waals surface area contributed by atoms with Gasteiger partial charge in [0.25, 0.3) is 0 Å². The van der Waals surface area contributed by atoms with Gasteiger partial charge in [0.15, 0.2) is 16.7 Å². The van der Waals surface area contributed by atoms with Gasteiger partial charge in [-0.05, 0) is 18.9 Å². The van der Waals surface area contributed by atoms with Gasteiger partial charge in [-0.2, -0.15) is 0 Å². The molecule has 1 aliphatic carbocycles. The Bertz CT molecular complexity index is 785. The van der Waals surface area contributed by atoms with E-state index in [1.165, 1.54) is 6.20 Å². The lowest BCUT2D eigenvalue weighted by Gasteiger charge is -2.11. The number of ether oxygens (including phenoxy) is 1. The van der Waals surface area contributed by atoms with Crippen molar-refractivity contribution in [2.45, 2.75) is 18.9 Å². The Labute approximate surface area is 116 Å². The molecule has 2 heterocycles. The van der Waals surface area contributed by atoms with Crippen molar-refractivity contribution in [3.8, 4) is 5.75 Å². The van der Waals surface area contributed by atoms with Gasteiger partial charge in [0, 0.05) is 6.04 Å². The van der Waals surface area contributed by atoms with Crippen molar-refractivity contribution in [1.82, 2.24) is 9.55 Å². The van der Waals surface area contributed by atoms with Crippen LogP contribution in [0.15, 0.2) is 17.1 Å². The summed E-state index contributed by atoms with van der Waals surface area (Å²) < 4.78 is 19.5. The number of pyridine rings is 2. The van der Waals surface area contributed by atoms with Crippen LogP contribution in [0.25, 0.3) is 11.0 Å². The van der Waals surface area contributed by atoms with E-state index in [0.29, 0.717) is 0 Å². The van der Waals surface area contributed by atoms with Crippen molar-refractivity contribution in [3.05, 3.63) is 33.5 Å². The smallest absolute Gasteiger partial charge is 0.449 e. The Balaban J connectivity index is 2.33. The third-order valence-corrected chi connectivity index (χ3v) is 3.29. The first-order valence-corrected chi connectivity index (χ1v) is 6.17. The van der Waals surface area contributed by atoms with Crippen molar-refractivity contribution >= 4 is 28.8 Å². The average Bonchev–Trinajstić information content (AvgIpc) is 3.19. The van der Waals surface area contributed by atoms with E-state index in [1.54, 1.807) is 4.57 Å². The summed E-state index contributed by atoms with van der Waals surface area (Å²) in [5.41, 5.74) is -0.510. The lowest BCUT2D eigenvalue weighted by molar-refractivity contribution is 0.143. The minimum atomic E-state index is -1.61. The Morgan fingerprint density at radius 3 is 2.85 bits per heavy atom. The highest BCUT2D eigenvalue weighted by Gasteiger charge is 2.27. The van der Waals surface area contributed by atoms with Crippen LogP contribution in [0.2, 0.25) is 5.15 Å². The summed E-state index contributed by atoms with van der Waals surface area (Å²) in [6.45, 7) is 0. The van der Waals surface area contributed by atoms with E-state index >= 15 is 0 Å². The number of carbonyl (C=O) groups is 1. The highest BCUT2D eigenvalue weighted by molar-refractivity contribution is 6.29. The number of halogens is 2. The van der Waals surface area contributed by atoms with E-state index in [0.717, 1.165) is 18.9 Å². The topological polar surface area (TPSA) is 81.4 Å². The van der Waals surface area contributed by atoms with Gasteiger partial charge < -0.3 is 14.4 Å². The molecule has 8 heteroatoms. The van der Waals surface area contributed by atoms with Crippen molar-refractivity contribution in [2.24, 2.45) is 0 Å². The monoisotopic (exact) mass is 298 g/mol. The van der Waals surface area contributed by atoms with Crippen LogP contribution in [-0.4, -0.2) is 20.8 Å². The van der Waals surface area contributed by atoms with Crippen LogP contribution >= 0.6 is 11.6 Å². The maximum atomic E-state index is 13.5. The lowest BCUT2D eigenvalue weighted by atomic mass is 10.2. The largest absolute Gasteiger partial charge is 0.511 e. The fourth-order valence-corrected chi connectivity index (χ4v) is 2.13. The second-order valence-electron chi connectivity index (χ2n) is 4.46. The van der Waals surface area contributed by atoms with Crippen LogP contribution < -0.4 is 10.2 Å². The molecule has 0 bridgehead atoms. The standard InChI is InChI=1S/C12H8ClFN2O4/c13-10-7(14)3-6-9(17)8(20-12(18)19)4-16(5-1-2-5)11(6)15-10/h3-5H,1-2H2,(H,18,19). The van der Waals surface area contributed by atoms with E-state index in [-0.39, 0.29) is 28.0 Å². The summed E-state index contributed by atoms with van der Waals surface area (Å²) in [4.78, 5) is 26.5. The van der Waals surface area contributed by atoms with Gasteiger partial charge in [-0.3, -0.25) is 4.79 Å². The maximum absolute atomic E-state index is 13.5. The molecule has 1 saturated carbocycles. The summed E-state index contributed by atoms with van der Waals surface area (Å²) in [5, 5.41) is 8.23. The molecule has 0 spiro atoms. The molecule has 6 nitrogen and oxygen atoms in total. The zero-order valence-corrected chi connectivity index (χ0v) is 10.7. The second kappa shape index (κ2) is 4.45. The predicted octanol–water partition coefficient (Wildman–Crippen LogP) is 2.58. The first-order valence-electron chi connectivity index (χ1n) is 5.79. The molecule has 3 rings (SSSR count). The Kier molecular flexibility index (Phi) is 2.86. The maximum Gasteiger partial charge on any atom is 0.511 e. The van der Waals surface area contributed by atoms with E-state index in [9.17, 15) is 14.0 Å². The predicted molar refractivity (Wildman–Crippen MR) is 67.9 cm³/mol. The van der Waals surface area contributed by atoms with Gasteiger partial charge in [-0.25, -0.2) is 14.2 Å². The van der Waals surface area contributed by atoms with Crippen molar-refractivity contribution in [3.63, 3.8) is 0 Å². The zero-order valence-electron chi connectivity index (χ0n) is 9.97. The first kappa shape index (κ1) is 12.9. The Morgan fingerprint density at radius 1 is 1.55 bits per heavy atom. The van der Waals surface area contributed by atoms with Gasteiger partial charge >= 0.3 is 6.16 Å². The molecule has 0 unspecified atom stereocenters. The molecule has 104 valence electrons. The normalized spacial score (nSPS) is 14.5. The number of hydrogen-bond donors (Lipinski definition) is 1. The van der Waals surface area contributed by atoms with Gasteiger partial charge in [0.1, 0.15) is 5.65 Å². The number of carboxylic acid groups (broad SMARTS) is 1. The third kappa shape index (κ3) is 2.09. The van der Waals surface area contributed by atoms with Crippen LogP contribution in [0.4, 0.5) is 9.18 Å². The minimum absolute atomic E-state index is 0.0578. The van der Waals surface area contributed by atoms with E-state index < -0.39 is 17.4 Å². The van der Waals surface area contributed by atoms with Gasteiger partial charge in [-0.15, -0.1) is 0 Å². The molecule has 1 N–H and O–H groups in total. The molecule has 0 saturated heterocycles. The highest BCUT2D eigenvalue weighted by Crippen LogP contribution is 2.37. The second-order valence-corrected chi connectivity index (χ2v) is 4.82. The fraction of sp³-hybridized carbons (Fsp3) is 0.250. The number of fused-ring (bicyclic) bond motifs is 1. The lowest BCUT2D eigenvalue weighted by Crippen LogP contribution is -2.17. The highest BCUT2D eigenvalue weighted by atomic mass is 35.5. The molecular weight excluding hydrogens is 291 g/mol. The SMILES string of the molecule is O=C(O)Oc1cn(C2CC2)c2nc(Cl)c(F)cc2c1=O. The van der Waals surface area contributed by atoms with Crippen LogP contribution in [0.3, 0.4) is 0 Å². The van der Waals surface area contributed by atoms with E-state index in [4.69, 9.17) is 16.7 Å². The Hall–Kier alpha value is -2.15. The molecule has 0 atom stereocenters. The molecule has 2 aromatic rings. The van der Waals surface area contributed by atoms with E-state index in [2.05, 4.69) is 9.72 Å². The number of rotatable bonds is 2. The first-order chi connectivity index (χ1) is 9.47. The zero-order chi connectivity index (χ0) is 14.4. The van der Waals surface area contributed by atoms with Crippen LogP contribution in [0.1, 0.15) is 18.9 Å². The third-order valence-electron chi connectivity index (χ3n) is 3.02. The van der Waals surface area contributed by atoms with Crippen LogP contribution in [0, 0.1) is 5.82 Å². The van der Waals surface area contributed by atoms with E-state index in [1.807, 2.05) is 0 Å². The summed E-state index contributed by atoms with van der Waals surface area (Å²) in [6, 6.07) is 1.03. The summed E-state index contributed by atoms with van der Waals surface area (Å²) in [7, 11) is 0. The molecule has 1 aliphatic rings. The summed E-state index contributed by atoms with van der Waals surface area (Å²) in [6.07, 6.45) is 1.39. The molecule has 0 amide bonds. The number of hydrogen-bond acceptors (Lipinski definition) is 4. The van der Waals surface area contributed by atoms with Crippen molar-refractivity contribution in [2.75, 3.05) is 0 Å². The quantitative estimate of drug-likeness (QED) is 0.680. The van der Waals surface area contributed by atoms with Gasteiger partial charge in [0.05, 0.1) is 11.6 Å². The van der Waals surface area contributed by atoms with Crippen molar-refractivity contribution in [1.29, 1.82) is 0 Å². The molecule has 20 heavy (non-hydrogen) atoms. The van der Waals surface area contributed by atoms with Gasteiger partial charge in [-0.1, -0.05) is 11.6 Å². The molecule has 0 aromatic carbocycles. The molecular formula is C12H8ClFN2O4.